The Hall–Kier alpha value is -2.60. The second-order valence-electron chi connectivity index (χ2n) is 6.42. The fraction of sp³-hybridized carbons (Fsp3) is 0.368. The van der Waals surface area contributed by atoms with Crippen LogP contribution in [0.25, 0.3) is 10.9 Å². The lowest BCUT2D eigenvalue weighted by Gasteiger charge is -2.19. The molecule has 1 amide bonds. The van der Waals surface area contributed by atoms with Crippen LogP contribution in [0.3, 0.4) is 0 Å². The van der Waals surface area contributed by atoms with E-state index < -0.39 is 0 Å². The van der Waals surface area contributed by atoms with Crippen LogP contribution in [0.4, 0.5) is 0 Å². The molecular formula is C19H25N5O. The average Bonchev–Trinajstić information content (AvgIpc) is 3.24. The van der Waals surface area contributed by atoms with Gasteiger partial charge < -0.3 is 15.6 Å². The van der Waals surface area contributed by atoms with Crippen molar-refractivity contribution >= 4 is 16.8 Å². The van der Waals surface area contributed by atoms with Crippen LogP contribution in [-0.4, -0.2) is 39.3 Å². The van der Waals surface area contributed by atoms with Crippen molar-refractivity contribution in [3.05, 3.63) is 54.5 Å². The molecule has 6 heteroatoms. The molecule has 3 N–H and O–H groups in total. The fourth-order valence-electron chi connectivity index (χ4n) is 3.06. The molecule has 0 aliphatic carbocycles. The van der Waals surface area contributed by atoms with Gasteiger partial charge in [0.2, 0.25) is 5.91 Å². The third kappa shape index (κ3) is 4.48. The number of rotatable bonds is 8. The normalized spacial score (nSPS) is 13.7. The summed E-state index contributed by atoms with van der Waals surface area (Å²) < 4.78 is 1.86. The molecule has 0 saturated heterocycles. The average molecular weight is 339 g/mol. The number of aromatic nitrogens is 3. The zero-order valence-electron chi connectivity index (χ0n) is 14.7. The Bertz CT molecular complexity index is 808. The van der Waals surface area contributed by atoms with Crippen LogP contribution >= 0.6 is 0 Å². The standard InChI is InChI=1S/C19H25N5O/c1-14(13-24-11-5-9-22-24)23-15(2)19(25)20-10-8-16-12-21-18-7-4-3-6-17(16)18/h3-7,9,11-12,14-15,21,23H,8,10,13H2,1-2H3,(H,20,25)/t14-,15-/m0/s1. The highest BCUT2D eigenvalue weighted by atomic mass is 16.2. The Balaban J connectivity index is 1.44. The van der Waals surface area contributed by atoms with Gasteiger partial charge >= 0.3 is 0 Å². The number of amides is 1. The highest BCUT2D eigenvalue weighted by Crippen LogP contribution is 2.17. The van der Waals surface area contributed by atoms with E-state index >= 15 is 0 Å². The molecule has 0 bridgehead atoms. The number of nitrogens with zero attached hydrogens (tertiary/aromatic N) is 2. The number of aromatic amines is 1. The molecule has 6 nitrogen and oxygen atoms in total. The number of carbonyl (C=O) groups excluding carboxylic acids is 1. The van der Waals surface area contributed by atoms with Crippen molar-refractivity contribution in [3.63, 3.8) is 0 Å². The Labute approximate surface area is 147 Å². The summed E-state index contributed by atoms with van der Waals surface area (Å²) in [5.74, 6) is 0.0205. The first kappa shape index (κ1) is 17.2. The van der Waals surface area contributed by atoms with Gasteiger partial charge in [-0.3, -0.25) is 9.48 Å². The Morgan fingerprint density at radius 1 is 1.28 bits per heavy atom. The minimum Gasteiger partial charge on any atom is -0.361 e. The summed E-state index contributed by atoms with van der Waals surface area (Å²) >= 11 is 0. The van der Waals surface area contributed by atoms with Crippen LogP contribution in [0.5, 0.6) is 0 Å². The summed E-state index contributed by atoms with van der Waals surface area (Å²) in [5, 5.41) is 11.7. The van der Waals surface area contributed by atoms with E-state index in [2.05, 4.69) is 39.8 Å². The predicted molar refractivity (Wildman–Crippen MR) is 99.3 cm³/mol. The highest BCUT2D eigenvalue weighted by molar-refractivity contribution is 5.83. The van der Waals surface area contributed by atoms with E-state index in [0.717, 1.165) is 18.5 Å². The lowest BCUT2D eigenvalue weighted by Crippen LogP contribution is -2.47. The molecule has 0 saturated carbocycles. The van der Waals surface area contributed by atoms with Gasteiger partial charge in [0, 0.05) is 42.1 Å². The van der Waals surface area contributed by atoms with Crippen molar-refractivity contribution in [1.29, 1.82) is 0 Å². The van der Waals surface area contributed by atoms with E-state index in [4.69, 9.17) is 0 Å². The lowest BCUT2D eigenvalue weighted by atomic mass is 10.1. The largest absolute Gasteiger partial charge is 0.361 e. The first-order chi connectivity index (χ1) is 12.1. The van der Waals surface area contributed by atoms with E-state index in [-0.39, 0.29) is 18.0 Å². The first-order valence-corrected chi connectivity index (χ1v) is 8.69. The molecule has 132 valence electrons. The van der Waals surface area contributed by atoms with Crippen LogP contribution in [0, 0.1) is 0 Å². The second-order valence-corrected chi connectivity index (χ2v) is 6.42. The molecule has 3 aromatic rings. The van der Waals surface area contributed by atoms with Crippen LogP contribution in [0.2, 0.25) is 0 Å². The zero-order valence-corrected chi connectivity index (χ0v) is 14.7. The van der Waals surface area contributed by atoms with E-state index in [1.165, 1.54) is 10.9 Å². The number of carbonyl (C=O) groups is 1. The predicted octanol–water partition coefficient (Wildman–Crippen LogP) is 2.09. The number of nitrogens with one attached hydrogen (secondary N) is 3. The molecule has 0 unspecified atom stereocenters. The number of benzene rings is 1. The van der Waals surface area contributed by atoms with Crippen molar-refractivity contribution in [2.75, 3.05) is 6.54 Å². The van der Waals surface area contributed by atoms with Gasteiger partial charge in [0.05, 0.1) is 12.6 Å². The number of H-pyrrole nitrogens is 1. The lowest BCUT2D eigenvalue weighted by molar-refractivity contribution is -0.122. The van der Waals surface area contributed by atoms with Gasteiger partial charge in [-0.25, -0.2) is 0 Å². The zero-order chi connectivity index (χ0) is 17.6. The molecule has 2 aromatic heterocycles. The maximum absolute atomic E-state index is 12.3. The van der Waals surface area contributed by atoms with Crippen LogP contribution in [-0.2, 0) is 17.8 Å². The minimum absolute atomic E-state index is 0.0205. The van der Waals surface area contributed by atoms with Gasteiger partial charge in [0.1, 0.15) is 0 Å². The van der Waals surface area contributed by atoms with Crippen LogP contribution < -0.4 is 10.6 Å². The summed E-state index contributed by atoms with van der Waals surface area (Å²) in [7, 11) is 0. The van der Waals surface area contributed by atoms with E-state index in [0.29, 0.717) is 6.54 Å². The number of para-hydroxylation sites is 1. The maximum atomic E-state index is 12.3. The number of hydrogen-bond donors (Lipinski definition) is 3. The number of fused-ring (bicyclic) bond motifs is 1. The van der Waals surface area contributed by atoms with Crippen molar-refractivity contribution < 1.29 is 4.79 Å². The van der Waals surface area contributed by atoms with E-state index in [1.807, 2.05) is 42.2 Å². The molecule has 0 fully saturated rings. The van der Waals surface area contributed by atoms with Crippen molar-refractivity contribution in [1.82, 2.24) is 25.4 Å². The molecule has 0 spiro atoms. The molecule has 2 atom stereocenters. The summed E-state index contributed by atoms with van der Waals surface area (Å²) in [5.41, 5.74) is 2.36. The fourth-order valence-corrected chi connectivity index (χ4v) is 3.06. The third-order valence-electron chi connectivity index (χ3n) is 4.32. The van der Waals surface area contributed by atoms with Crippen molar-refractivity contribution in [2.24, 2.45) is 0 Å². The Morgan fingerprint density at radius 2 is 2.12 bits per heavy atom. The minimum atomic E-state index is -0.242. The molecular weight excluding hydrogens is 314 g/mol. The summed E-state index contributed by atoms with van der Waals surface area (Å²) in [6.07, 6.45) is 6.51. The van der Waals surface area contributed by atoms with Gasteiger partial charge in [0.15, 0.2) is 0 Å². The molecule has 0 radical (unpaired) electrons. The Morgan fingerprint density at radius 3 is 2.92 bits per heavy atom. The Kier molecular flexibility index (Phi) is 5.50. The van der Waals surface area contributed by atoms with E-state index in [1.54, 1.807) is 6.20 Å². The molecule has 3 rings (SSSR count). The summed E-state index contributed by atoms with van der Waals surface area (Å²) in [6, 6.07) is 10.0. The van der Waals surface area contributed by atoms with Gasteiger partial charge in [-0.05, 0) is 38.0 Å². The molecule has 25 heavy (non-hydrogen) atoms. The van der Waals surface area contributed by atoms with Crippen molar-refractivity contribution in [2.45, 2.75) is 38.9 Å². The molecule has 0 aliphatic heterocycles. The highest BCUT2D eigenvalue weighted by Gasteiger charge is 2.15. The van der Waals surface area contributed by atoms with E-state index in [9.17, 15) is 4.79 Å². The quantitative estimate of drug-likeness (QED) is 0.588. The molecule has 2 heterocycles. The van der Waals surface area contributed by atoms with Gasteiger partial charge in [-0.15, -0.1) is 0 Å². The summed E-state index contributed by atoms with van der Waals surface area (Å²) in [6.45, 7) is 5.30. The van der Waals surface area contributed by atoms with Gasteiger partial charge in [-0.2, -0.15) is 5.10 Å². The van der Waals surface area contributed by atoms with Crippen molar-refractivity contribution in [3.8, 4) is 0 Å². The molecule has 1 aromatic carbocycles. The smallest absolute Gasteiger partial charge is 0.236 e. The molecule has 0 aliphatic rings. The topological polar surface area (TPSA) is 74.7 Å². The second kappa shape index (κ2) is 7.98. The SMILES string of the molecule is C[C@H](N[C@@H](C)Cn1cccn1)C(=O)NCCc1c[nH]c2ccccc12. The third-order valence-corrected chi connectivity index (χ3v) is 4.32. The van der Waals surface area contributed by atoms with Crippen LogP contribution in [0.15, 0.2) is 48.9 Å². The first-order valence-electron chi connectivity index (χ1n) is 8.69. The number of hydrogen-bond acceptors (Lipinski definition) is 3. The van der Waals surface area contributed by atoms with Gasteiger partial charge in [0.25, 0.3) is 0 Å². The van der Waals surface area contributed by atoms with Gasteiger partial charge in [-0.1, -0.05) is 18.2 Å². The summed E-state index contributed by atoms with van der Waals surface area (Å²) in [4.78, 5) is 15.5. The maximum Gasteiger partial charge on any atom is 0.236 e. The van der Waals surface area contributed by atoms with Crippen LogP contribution in [0.1, 0.15) is 19.4 Å². The monoisotopic (exact) mass is 339 g/mol.